The molecule has 1 fully saturated rings. The number of carbonyl (C=O) groups excluding carboxylic acids is 4. The summed E-state index contributed by atoms with van der Waals surface area (Å²) in [7, 11) is 1.23. The van der Waals surface area contributed by atoms with Crippen molar-refractivity contribution in [2.24, 2.45) is 5.92 Å². The highest BCUT2D eigenvalue weighted by atomic mass is 16.6. The first kappa shape index (κ1) is 25.2. The van der Waals surface area contributed by atoms with Gasteiger partial charge in [0.05, 0.1) is 7.11 Å². The zero-order valence-corrected chi connectivity index (χ0v) is 19.6. The second kappa shape index (κ2) is 10.5. The summed E-state index contributed by atoms with van der Waals surface area (Å²) in [5, 5.41) is 5.05. The van der Waals surface area contributed by atoms with Crippen LogP contribution in [0.1, 0.15) is 51.3 Å². The van der Waals surface area contributed by atoms with Crippen molar-refractivity contribution in [1.82, 2.24) is 15.5 Å². The second-order valence-corrected chi connectivity index (χ2v) is 8.99. The largest absolute Gasteiger partial charge is 0.468 e. The van der Waals surface area contributed by atoms with Gasteiger partial charge in [0.15, 0.2) is 0 Å². The van der Waals surface area contributed by atoms with Crippen LogP contribution in [0.15, 0.2) is 24.3 Å². The minimum atomic E-state index is -0.955. The van der Waals surface area contributed by atoms with Crippen molar-refractivity contribution in [2.75, 3.05) is 20.2 Å². The van der Waals surface area contributed by atoms with Crippen LogP contribution in [0, 0.1) is 12.8 Å². The molecular formula is C23H33N3O6. The highest BCUT2D eigenvalue weighted by molar-refractivity contribution is 5.92. The van der Waals surface area contributed by atoms with Gasteiger partial charge in [-0.05, 0) is 51.2 Å². The van der Waals surface area contributed by atoms with E-state index in [1.807, 2.05) is 26.0 Å². The third-order valence-corrected chi connectivity index (χ3v) is 5.14. The minimum Gasteiger partial charge on any atom is -0.468 e. The fraction of sp³-hybridized carbons (Fsp3) is 0.565. The molecule has 3 unspecified atom stereocenters. The first-order valence-corrected chi connectivity index (χ1v) is 10.6. The first-order chi connectivity index (χ1) is 14.9. The molecule has 0 radical (unpaired) electrons. The fourth-order valence-corrected chi connectivity index (χ4v) is 3.40. The number of nitrogens with zero attached hydrogens (tertiary/aromatic N) is 1. The molecule has 2 rings (SSSR count). The van der Waals surface area contributed by atoms with E-state index in [1.165, 1.54) is 12.0 Å². The van der Waals surface area contributed by atoms with Crippen molar-refractivity contribution >= 4 is 23.9 Å². The lowest BCUT2D eigenvalue weighted by atomic mass is 9.98. The highest BCUT2D eigenvalue weighted by Gasteiger charge is 2.46. The lowest BCUT2D eigenvalue weighted by Crippen LogP contribution is -2.50. The van der Waals surface area contributed by atoms with Gasteiger partial charge in [0.1, 0.15) is 24.7 Å². The third kappa shape index (κ3) is 6.96. The number of nitrogens with one attached hydrogen (secondary N) is 2. The van der Waals surface area contributed by atoms with Gasteiger partial charge in [0.25, 0.3) is 0 Å². The van der Waals surface area contributed by atoms with Crippen molar-refractivity contribution < 1.29 is 28.7 Å². The minimum absolute atomic E-state index is 0.156. The number of amides is 3. The Morgan fingerprint density at radius 1 is 1.12 bits per heavy atom. The molecule has 176 valence electrons. The predicted octanol–water partition coefficient (Wildman–Crippen LogP) is 2.09. The van der Waals surface area contributed by atoms with Gasteiger partial charge in [-0.1, -0.05) is 31.2 Å². The Kier molecular flexibility index (Phi) is 8.24. The topological polar surface area (TPSA) is 114 Å². The van der Waals surface area contributed by atoms with Crippen LogP contribution in [0.4, 0.5) is 4.79 Å². The van der Waals surface area contributed by atoms with Gasteiger partial charge in [-0.25, -0.2) is 4.79 Å². The van der Waals surface area contributed by atoms with Crippen LogP contribution in [0.2, 0.25) is 0 Å². The average Bonchev–Trinajstić information content (AvgIpc) is 3.43. The third-order valence-electron chi connectivity index (χ3n) is 5.14. The maximum Gasteiger partial charge on any atom is 0.408 e. The van der Waals surface area contributed by atoms with Gasteiger partial charge in [0, 0.05) is 6.04 Å². The standard InChI is InChI=1S/C23H33N3O6/c1-14-9-7-8-10-16(14)20(21(29)24-13-19(28)31-6)26(17-11-15(17)2)18(27)12-25-22(30)32-23(3,4)5/h7-10,15,17,20H,11-13H2,1-6H3,(H,24,29)(H,25,30). The molecule has 3 atom stereocenters. The van der Waals surface area contributed by atoms with Crippen molar-refractivity contribution in [3.63, 3.8) is 0 Å². The van der Waals surface area contributed by atoms with Crippen LogP contribution < -0.4 is 10.6 Å². The van der Waals surface area contributed by atoms with E-state index in [4.69, 9.17) is 4.74 Å². The number of ether oxygens (including phenoxy) is 2. The molecule has 9 nitrogen and oxygen atoms in total. The lowest BCUT2D eigenvalue weighted by molar-refractivity contribution is -0.144. The molecule has 0 aromatic heterocycles. The smallest absolute Gasteiger partial charge is 0.408 e. The molecule has 3 amide bonds. The number of esters is 1. The van der Waals surface area contributed by atoms with E-state index in [2.05, 4.69) is 15.4 Å². The molecule has 1 aromatic rings. The summed E-state index contributed by atoms with van der Waals surface area (Å²) >= 11 is 0. The van der Waals surface area contributed by atoms with E-state index in [-0.39, 0.29) is 25.0 Å². The van der Waals surface area contributed by atoms with E-state index in [9.17, 15) is 19.2 Å². The Bertz CT molecular complexity index is 864. The summed E-state index contributed by atoms with van der Waals surface area (Å²) in [6, 6.07) is 6.17. The normalized spacial score (nSPS) is 18.2. The summed E-state index contributed by atoms with van der Waals surface area (Å²) < 4.78 is 9.81. The molecule has 1 aliphatic rings. The number of rotatable bonds is 8. The number of hydrogen-bond acceptors (Lipinski definition) is 6. The Labute approximate surface area is 188 Å². The van der Waals surface area contributed by atoms with Crippen LogP contribution in [0.25, 0.3) is 0 Å². The molecule has 1 aromatic carbocycles. The number of aryl methyl sites for hydroxylation is 1. The zero-order valence-electron chi connectivity index (χ0n) is 19.6. The molecule has 1 aliphatic carbocycles. The van der Waals surface area contributed by atoms with Gasteiger partial charge in [-0.3, -0.25) is 14.4 Å². The molecule has 2 N–H and O–H groups in total. The van der Waals surface area contributed by atoms with E-state index in [0.717, 1.165) is 12.0 Å². The summed E-state index contributed by atoms with van der Waals surface area (Å²) in [4.78, 5) is 51.6. The Hall–Kier alpha value is -3.10. The van der Waals surface area contributed by atoms with Crippen LogP contribution in [-0.4, -0.2) is 60.6 Å². The molecule has 32 heavy (non-hydrogen) atoms. The van der Waals surface area contributed by atoms with Crippen molar-refractivity contribution in [3.8, 4) is 0 Å². The summed E-state index contributed by atoms with van der Waals surface area (Å²) in [5.74, 6) is -1.28. The maximum atomic E-state index is 13.2. The fourth-order valence-electron chi connectivity index (χ4n) is 3.40. The quantitative estimate of drug-likeness (QED) is 0.590. The van der Waals surface area contributed by atoms with Crippen molar-refractivity contribution in [2.45, 2.75) is 58.7 Å². The molecule has 0 aliphatic heterocycles. The van der Waals surface area contributed by atoms with Gasteiger partial charge < -0.3 is 25.0 Å². The van der Waals surface area contributed by atoms with Crippen molar-refractivity contribution in [3.05, 3.63) is 35.4 Å². The van der Waals surface area contributed by atoms with Crippen molar-refractivity contribution in [1.29, 1.82) is 0 Å². The Morgan fingerprint density at radius 3 is 2.28 bits per heavy atom. The monoisotopic (exact) mass is 447 g/mol. The number of hydrogen-bond donors (Lipinski definition) is 2. The molecule has 0 bridgehead atoms. The molecule has 0 spiro atoms. The number of carbonyl (C=O) groups is 4. The molecular weight excluding hydrogens is 414 g/mol. The maximum absolute atomic E-state index is 13.2. The summed E-state index contributed by atoms with van der Waals surface area (Å²) in [6.07, 6.45) is 0.0300. The molecule has 9 heteroatoms. The van der Waals surface area contributed by atoms with Gasteiger partial charge in [-0.2, -0.15) is 0 Å². The molecule has 0 saturated heterocycles. The second-order valence-electron chi connectivity index (χ2n) is 8.99. The number of methoxy groups -OCH3 is 1. The van der Waals surface area contributed by atoms with Crippen LogP contribution in [0.3, 0.4) is 0 Å². The van der Waals surface area contributed by atoms with E-state index >= 15 is 0 Å². The van der Waals surface area contributed by atoms with Crippen LogP contribution >= 0.6 is 0 Å². The number of alkyl carbamates (subject to hydrolysis) is 1. The number of benzene rings is 1. The summed E-state index contributed by atoms with van der Waals surface area (Å²) in [5.41, 5.74) is 0.784. The van der Waals surface area contributed by atoms with Crippen LogP contribution in [-0.2, 0) is 23.9 Å². The van der Waals surface area contributed by atoms with E-state index in [0.29, 0.717) is 5.56 Å². The van der Waals surface area contributed by atoms with Gasteiger partial charge >= 0.3 is 12.1 Å². The molecule has 1 saturated carbocycles. The average molecular weight is 448 g/mol. The van der Waals surface area contributed by atoms with E-state index in [1.54, 1.807) is 32.9 Å². The van der Waals surface area contributed by atoms with Crippen LogP contribution in [0.5, 0.6) is 0 Å². The highest BCUT2D eigenvalue weighted by Crippen LogP contribution is 2.40. The SMILES string of the molecule is COC(=O)CNC(=O)C(c1ccccc1C)N(C(=O)CNC(=O)OC(C)(C)C)C1CC1C. The van der Waals surface area contributed by atoms with Gasteiger partial charge in [0.2, 0.25) is 11.8 Å². The zero-order chi connectivity index (χ0) is 24.1. The van der Waals surface area contributed by atoms with Gasteiger partial charge in [-0.15, -0.1) is 0 Å². The summed E-state index contributed by atoms with van der Waals surface area (Å²) in [6.45, 7) is 8.41. The lowest BCUT2D eigenvalue weighted by Gasteiger charge is -2.33. The molecule has 0 heterocycles. The predicted molar refractivity (Wildman–Crippen MR) is 118 cm³/mol. The Balaban J connectivity index is 2.29. The van der Waals surface area contributed by atoms with E-state index < -0.39 is 35.5 Å². The Morgan fingerprint density at radius 2 is 1.75 bits per heavy atom. The first-order valence-electron chi connectivity index (χ1n) is 10.6.